The van der Waals surface area contributed by atoms with Crippen LogP contribution in [0.5, 0.6) is 0 Å². The Balaban J connectivity index is 2.11. The van der Waals surface area contributed by atoms with Gasteiger partial charge >= 0.3 is 0 Å². The molecule has 88 valence electrons. The number of carbonyl (C=O) groups is 1. The van der Waals surface area contributed by atoms with E-state index in [1.165, 1.54) is 18.4 Å². The molecular formula is C15H22O. The van der Waals surface area contributed by atoms with Crippen LogP contribution in [-0.4, -0.2) is 5.78 Å². The first kappa shape index (κ1) is 11.6. The Labute approximate surface area is 98.6 Å². The van der Waals surface area contributed by atoms with Crippen LogP contribution in [0.15, 0.2) is 23.8 Å². The van der Waals surface area contributed by atoms with Gasteiger partial charge in [-0.05, 0) is 49.5 Å². The maximum absolute atomic E-state index is 11.6. The summed E-state index contributed by atoms with van der Waals surface area (Å²) in [5, 5.41) is 0. The molecule has 0 spiro atoms. The van der Waals surface area contributed by atoms with E-state index >= 15 is 0 Å². The largest absolute Gasteiger partial charge is 0.295 e. The van der Waals surface area contributed by atoms with Crippen molar-refractivity contribution in [1.82, 2.24) is 0 Å². The fraction of sp³-hybridized carbons (Fsp3) is 0.667. The molecule has 1 nitrogen and oxygen atoms in total. The number of allylic oxidation sites excluding steroid dienone is 4. The van der Waals surface area contributed by atoms with Crippen LogP contribution in [0.25, 0.3) is 0 Å². The molecule has 0 aromatic rings. The second-order valence-electron chi connectivity index (χ2n) is 5.91. The van der Waals surface area contributed by atoms with Crippen LogP contribution in [0.4, 0.5) is 0 Å². The normalized spacial score (nSPS) is 38.9. The van der Waals surface area contributed by atoms with Crippen molar-refractivity contribution in [1.29, 1.82) is 0 Å². The quantitative estimate of drug-likeness (QED) is 0.563. The number of ketones is 1. The topological polar surface area (TPSA) is 17.1 Å². The third kappa shape index (κ3) is 2.28. The summed E-state index contributed by atoms with van der Waals surface area (Å²) in [5.74, 6) is 1.69. The SMILES string of the molecule is C/C1=C/CCC(=O)/C=C/[C@H]2[C@@H](CC1)C2(C)C. The molecule has 0 aliphatic heterocycles. The summed E-state index contributed by atoms with van der Waals surface area (Å²) in [4.78, 5) is 11.6. The lowest BCUT2D eigenvalue weighted by Crippen LogP contribution is -1.94. The van der Waals surface area contributed by atoms with E-state index in [0.717, 1.165) is 12.3 Å². The van der Waals surface area contributed by atoms with Crippen LogP contribution in [-0.2, 0) is 4.79 Å². The van der Waals surface area contributed by atoms with E-state index in [1.54, 1.807) is 0 Å². The molecule has 0 aromatic carbocycles. The fourth-order valence-corrected chi connectivity index (χ4v) is 2.96. The fourth-order valence-electron chi connectivity index (χ4n) is 2.96. The molecule has 0 unspecified atom stereocenters. The Hall–Kier alpha value is -0.850. The van der Waals surface area contributed by atoms with Gasteiger partial charge in [-0.1, -0.05) is 31.6 Å². The zero-order valence-electron chi connectivity index (χ0n) is 10.6. The smallest absolute Gasteiger partial charge is 0.155 e. The van der Waals surface area contributed by atoms with Gasteiger partial charge < -0.3 is 0 Å². The van der Waals surface area contributed by atoms with E-state index < -0.39 is 0 Å². The molecule has 0 saturated heterocycles. The highest BCUT2D eigenvalue weighted by molar-refractivity contribution is 5.89. The second-order valence-corrected chi connectivity index (χ2v) is 5.91. The maximum Gasteiger partial charge on any atom is 0.155 e. The maximum atomic E-state index is 11.6. The summed E-state index contributed by atoms with van der Waals surface area (Å²) in [6.07, 6.45) is 10.3. The molecule has 0 radical (unpaired) electrons. The number of hydrogen-bond donors (Lipinski definition) is 0. The molecule has 0 amide bonds. The minimum atomic E-state index is 0.285. The predicted molar refractivity (Wildman–Crippen MR) is 67.1 cm³/mol. The molecule has 0 N–H and O–H groups in total. The van der Waals surface area contributed by atoms with Gasteiger partial charge in [-0.15, -0.1) is 0 Å². The van der Waals surface area contributed by atoms with Crippen molar-refractivity contribution >= 4 is 5.78 Å². The first-order chi connectivity index (χ1) is 7.51. The van der Waals surface area contributed by atoms with Crippen molar-refractivity contribution in [2.24, 2.45) is 17.3 Å². The highest BCUT2D eigenvalue weighted by Crippen LogP contribution is 2.61. The van der Waals surface area contributed by atoms with Crippen LogP contribution >= 0.6 is 0 Å². The van der Waals surface area contributed by atoms with Crippen molar-refractivity contribution in [3.63, 3.8) is 0 Å². The number of carbonyl (C=O) groups excluding carboxylic acids is 1. The molecule has 2 aliphatic carbocycles. The molecule has 2 rings (SSSR count). The lowest BCUT2D eigenvalue weighted by molar-refractivity contribution is -0.114. The lowest BCUT2D eigenvalue weighted by atomic mass is 10.0. The average molecular weight is 218 g/mol. The summed E-state index contributed by atoms with van der Waals surface area (Å²) >= 11 is 0. The standard InChI is InChI=1S/C15H22O/c1-11-5-4-6-12(16)8-10-14-13(9-7-11)15(14,2)3/h5,8,10,13-14H,4,6-7,9H2,1-3H3/b10-8+,11-5-/t13-,14+/m1/s1. The van der Waals surface area contributed by atoms with E-state index in [0.29, 0.717) is 17.8 Å². The Kier molecular flexibility index (Phi) is 3.05. The first-order valence-corrected chi connectivity index (χ1v) is 6.38. The molecule has 0 bridgehead atoms. The van der Waals surface area contributed by atoms with Crippen molar-refractivity contribution in [2.45, 2.75) is 46.5 Å². The minimum absolute atomic E-state index is 0.285. The Bertz CT molecular complexity index is 346. The van der Waals surface area contributed by atoms with E-state index in [9.17, 15) is 4.79 Å². The average Bonchev–Trinajstić information content (AvgIpc) is 2.74. The molecule has 1 heteroatoms. The van der Waals surface area contributed by atoms with Crippen LogP contribution in [0.3, 0.4) is 0 Å². The van der Waals surface area contributed by atoms with E-state index in [1.807, 2.05) is 6.08 Å². The summed E-state index contributed by atoms with van der Waals surface area (Å²) in [6.45, 7) is 6.84. The molecule has 0 heterocycles. The van der Waals surface area contributed by atoms with Gasteiger partial charge in [0.15, 0.2) is 5.78 Å². The Morgan fingerprint density at radius 2 is 2.06 bits per heavy atom. The molecule has 16 heavy (non-hydrogen) atoms. The van der Waals surface area contributed by atoms with Crippen LogP contribution in [0, 0.1) is 17.3 Å². The highest BCUT2D eigenvalue weighted by Gasteiger charge is 2.55. The second kappa shape index (κ2) is 4.20. The number of fused-ring (bicyclic) bond motifs is 1. The predicted octanol–water partition coefficient (Wildman–Crippen LogP) is 3.90. The first-order valence-electron chi connectivity index (χ1n) is 6.38. The van der Waals surface area contributed by atoms with Gasteiger partial charge in [-0.3, -0.25) is 4.79 Å². The molecule has 0 aromatic heterocycles. The third-order valence-corrected chi connectivity index (χ3v) is 4.36. The number of rotatable bonds is 0. The van der Waals surface area contributed by atoms with Crippen LogP contribution in [0.2, 0.25) is 0 Å². The summed E-state index contributed by atoms with van der Waals surface area (Å²) in [6, 6.07) is 0. The summed E-state index contributed by atoms with van der Waals surface area (Å²) < 4.78 is 0. The van der Waals surface area contributed by atoms with Gasteiger partial charge in [-0.2, -0.15) is 0 Å². The van der Waals surface area contributed by atoms with E-state index in [2.05, 4.69) is 32.9 Å². The minimum Gasteiger partial charge on any atom is -0.295 e. The van der Waals surface area contributed by atoms with Gasteiger partial charge in [-0.25, -0.2) is 0 Å². The molecule has 2 atom stereocenters. The van der Waals surface area contributed by atoms with Gasteiger partial charge in [0.2, 0.25) is 0 Å². The van der Waals surface area contributed by atoms with Gasteiger partial charge in [0, 0.05) is 6.42 Å². The third-order valence-electron chi connectivity index (χ3n) is 4.36. The highest BCUT2D eigenvalue weighted by atomic mass is 16.1. The van der Waals surface area contributed by atoms with Crippen molar-refractivity contribution in [3.8, 4) is 0 Å². The molecule has 2 aliphatic rings. The molecule has 1 fully saturated rings. The van der Waals surface area contributed by atoms with Crippen molar-refractivity contribution < 1.29 is 4.79 Å². The lowest BCUT2D eigenvalue weighted by Gasteiger charge is -2.03. The van der Waals surface area contributed by atoms with Crippen molar-refractivity contribution in [2.75, 3.05) is 0 Å². The van der Waals surface area contributed by atoms with E-state index in [-0.39, 0.29) is 5.78 Å². The Morgan fingerprint density at radius 3 is 2.81 bits per heavy atom. The summed E-state index contributed by atoms with van der Waals surface area (Å²) in [5.41, 5.74) is 1.87. The monoisotopic (exact) mass is 218 g/mol. The van der Waals surface area contributed by atoms with Gasteiger partial charge in [0.25, 0.3) is 0 Å². The van der Waals surface area contributed by atoms with E-state index in [4.69, 9.17) is 0 Å². The van der Waals surface area contributed by atoms with Gasteiger partial charge in [0.05, 0.1) is 0 Å². The zero-order chi connectivity index (χ0) is 11.8. The van der Waals surface area contributed by atoms with Gasteiger partial charge in [0.1, 0.15) is 0 Å². The summed E-state index contributed by atoms with van der Waals surface area (Å²) in [7, 11) is 0. The van der Waals surface area contributed by atoms with Crippen molar-refractivity contribution in [3.05, 3.63) is 23.8 Å². The van der Waals surface area contributed by atoms with Crippen LogP contribution in [0.1, 0.15) is 46.5 Å². The Morgan fingerprint density at radius 1 is 1.31 bits per heavy atom. The molecule has 1 saturated carbocycles. The van der Waals surface area contributed by atoms with Crippen LogP contribution < -0.4 is 0 Å². The zero-order valence-corrected chi connectivity index (χ0v) is 10.6. The number of hydrogen-bond acceptors (Lipinski definition) is 1. The molecular weight excluding hydrogens is 196 g/mol.